The molecule has 0 saturated carbocycles. The summed E-state index contributed by atoms with van der Waals surface area (Å²) in [5.41, 5.74) is 0.774. The van der Waals surface area contributed by atoms with Crippen LogP contribution in [-0.2, 0) is 0 Å². The lowest BCUT2D eigenvalue weighted by Gasteiger charge is -2.20. The molecule has 0 saturated heterocycles. The predicted octanol–water partition coefficient (Wildman–Crippen LogP) is 3.31. The normalized spacial score (nSPS) is 10.2. The van der Waals surface area contributed by atoms with Crippen LogP contribution in [0.3, 0.4) is 0 Å². The number of nitro groups is 1. The van der Waals surface area contributed by atoms with Crippen LogP contribution in [0.2, 0.25) is 5.02 Å². The van der Waals surface area contributed by atoms with Crippen molar-refractivity contribution in [3.8, 4) is 0 Å². The van der Waals surface area contributed by atoms with Crippen LogP contribution in [0.4, 0.5) is 11.4 Å². The van der Waals surface area contributed by atoms with Crippen LogP contribution in [0.25, 0.3) is 0 Å². The van der Waals surface area contributed by atoms with E-state index in [1.165, 1.54) is 18.2 Å². The molecule has 0 aliphatic rings. The van der Waals surface area contributed by atoms with Gasteiger partial charge in [0.2, 0.25) is 0 Å². The Kier molecular flexibility index (Phi) is 4.49. The summed E-state index contributed by atoms with van der Waals surface area (Å²) in [4.78, 5) is 28.1. The third-order valence-electron chi connectivity index (χ3n) is 2.93. The number of carbonyl (C=O) groups is 1. The average Bonchev–Trinajstić information content (AvgIpc) is 2.48. The number of anilines is 1. The fraction of sp³-hybridized carbons (Fsp3) is 0.143. The number of nitro benzene ring substituents is 1. The van der Waals surface area contributed by atoms with Gasteiger partial charge < -0.3 is 4.90 Å². The molecule has 0 fully saturated rings. The quantitative estimate of drug-likeness (QED) is 0.641. The number of benzene rings is 1. The maximum atomic E-state index is 12.5. The summed E-state index contributed by atoms with van der Waals surface area (Å²) in [6, 6.07) is 7.38. The second-order valence-corrected chi connectivity index (χ2v) is 4.59. The number of nitrogens with zero attached hydrogens (tertiary/aromatic N) is 3. The minimum atomic E-state index is -0.586. The lowest BCUT2D eigenvalue weighted by molar-refractivity contribution is -0.384. The van der Waals surface area contributed by atoms with Crippen LogP contribution >= 0.6 is 11.6 Å². The highest BCUT2D eigenvalue weighted by Crippen LogP contribution is 2.26. The van der Waals surface area contributed by atoms with Gasteiger partial charge in [0, 0.05) is 36.3 Å². The van der Waals surface area contributed by atoms with E-state index in [9.17, 15) is 14.9 Å². The second-order valence-electron chi connectivity index (χ2n) is 4.18. The Morgan fingerprint density at radius 1 is 1.33 bits per heavy atom. The molecule has 0 atom stereocenters. The van der Waals surface area contributed by atoms with Crippen LogP contribution in [0.1, 0.15) is 17.3 Å². The second kappa shape index (κ2) is 6.32. The smallest absolute Gasteiger partial charge is 0.287 e. The molecule has 2 rings (SSSR count). The molecular formula is C14H12ClN3O3. The van der Waals surface area contributed by atoms with Crippen molar-refractivity contribution < 1.29 is 9.72 Å². The molecule has 0 aliphatic heterocycles. The number of amides is 1. The maximum Gasteiger partial charge on any atom is 0.287 e. The van der Waals surface area contributed by atoms with Crippen LogP contribution in [-0.4, -0.2) is 22.4 Å². The molecule has 0 unspecified atom stereocenters. The van der Waals surface area contributed by atoms with Crippen LogP contribution in [0.15, 0.2) is 42.7 Å². The Morgan fingerprint density at radius 2 is 2.00 bits per heavy atom. The van der Waals surface area contributed by atoms with E-state index in [0.717, 1.165) is 0 Å². The fourth-order valence-corrected chi connectivity index (χ4v) is 2.16. The Bertz CT molecular complexity index is 676. The van der Waals surface area contributed by atoms with E-state index in [0.29, 0.717) is 17.8 Å². The number of hydrogen-bond donors (Lipinski definition) is 0. The van der Waals surface area contributed by atoms with Crippen molar-refractivity contribution in [3.05, 3.63) is 63.4 Å². The molecule has 0 N–H and O–H groups in total. The molecule has 21 heavy (non-hydrogen) atoms. The number of pyridine rings is 1. The largest absolute Gasteiger partial charge is 0.309 e. The highest BCUT2D eigenvalue weighted by atomic mass is 35.5. The SMILES string of the molecule is CCN(C(=O)c1ccc([N+](=O)[O-])c(Cl)c1)c1ccncc1. The van der Waals surface area contributed by atoms with E-state index in [-0.39, 0.29) is 16.6 Å². The van der Waals surface area contributed by atoms with Crippen molar-refractivity contribution >= 4 is 28.9 Å². The molecule has 0 bridgehead atoms. The Morgan fingerprint density at radius 3 is 2.52 bits per heavy atom. The molecule has 1 heterocycles. The third kappa shape index (κ3) is 3.17. The Labute approximate surface area is 126 Å². The molecule has 7 heteroatoms. The minimum Gasteiger partial charge on any atom is -0.309 e. The first-order valence-corrected chi connectivity index (χ1v) is 6.58. The summed E-state index contributed by atoms with van der Waals surface area (Å²) in [6.45, 7) is 2.29. The summed E-state index contributed by atoms with van der Waals surface area (Å²) < 4.78 is 0. The summed E-state index contributed by atoms with van der Waals surface area (Å²) in [7, 11) is 0. The number of aromatic nitrogens is 1. The van der Waals surface area contributed by atoms with Crippen LogP contribution in [0, 0.1) is 10.1 Å². The lowest BCUT2D eigenvalue weighted by Crippen LogP contribution is -2.30. The Balaban J connectivity index is 2.35. The molecular weight excluding hydrogens is 294 g/mol. The van der Waals surface area contributed by atoms with Crippen molar-refractivity contribution in [1.82, 2.24) is 4.98 Å². The number of rotatable bonds is 4. The van der Waals surface area contributed by atoms with Crippen LogP contribution < -0.4 is 4.90 Å². The zero-order valence-electron chi connectivity index (χ0n) is 11.2. The van der Waals surface area contributed by atoms with Gasteiger partial charge in [-0.25, -0.2) is 0 Å². The highest BCUT2D eigenvalue weighted by Gasteiger charge is 2.19. The summed E-state index contributed by atoms with van der Waals surface area (Å²) in [5, 5.41) is 10.7. The molecule has 108 valence electrons. The van der Waals surface area contributed by atoms with E-state index < -0.39 is 4.92 Å². The van der Waals surface area contributed by atoms with Gasteiger partial charge >= 0.3 is 0 Å². The van der Waals surface area contributed by atoms with Gasteiger partial charge in [0.1, 0.15) is 5.02 Å². The highest BCUT2D eigenvalue weighted by molar-refractivity contribution is 6.33. The molecule has 0 spiro atoms. The maximum absolute atomic E-state index is 12.5. The third-order valence-corrected chi connectivity index (χ3v) is 3.23. The zero-order valence-corrected chi connectivity index (χ0v) is 11.9. The first kappa shape index (κ1) is 14.9. The van der Waals surface area contributed by atoms with Crippen molar-refractivity contribution in [1.29, 1.82) is 0 Å². The molecule has 1 amide bonds. The Hall–Kier alpha value is -2.47. The van der Waals surface area contributed by atoms with Crippen molar-refractivity contribution in [2.75, 3.05) is 11.4 Å². The fourth-order valence-electron chi connectivity index (χ4n) is 1.91. The number of halogens is 1. The first-order chi connectivity index (χ1) is 10.0. The van der Waals surface area contributed by atoms with Crippen LogP contribution in [0.5, 0.6) is 0 Å². The predicted molar refractivity (Wildman–Crippen MR) is 79.7 cm³/mol. The van der Waals surface area contributed by atoms with Gasteiger partial charge in [-0.15, -0.1) is 0 Å². The van der Waals surface area contributed by atoms with Crippen molar-refractivity contribution in [2.24, 2.45) is 0 Å². The van der Waals surface area contributed by atoms with Crippen molar-refractivity contribution in [3.63, 3.8) is 0 Å². The van der Waals surface area contributed by atoms with E-state index in [2.05, 4.69) is 4.98 Å². The number of hydrogen-bond acceptors (Lipinski definition) is 4. The molecule has 0 radical (unpaired) electrons. The topological polar surface area (TPSA) is 76.3 Å². The minimum absolute atomic E-state index is 0.0587. The first-order valence-electron chi connectivity index (χ1n) is 6.20. The van der Waals surface area contributed by atoms with Gasteiger partial charge in [-0.3, -0.25) is 19.9 Å². The van der Waals surface area contributed by atoms with Gasteiger partial charge in [-0.1, -0.05) is 11.6 Å². The van der Waals surface area contributed by atoms with E-state index in [4.69, 9.17) is 11.6 Å². The standard InChI is InChI=1S/C14H12ClN3O3/c1-2-17(11-5-7-16-8-6-11)14(19)10-3-4-13(18(20)21)12(15)9-10/h3-9H,2H2,1H3. The van der Waals surface area contributed by atoms with Gasteiger partial charge in [0.05, 0.1) is 4.92 Å². The summed E-state index contributed by atoms with van der Waals surface area (Å²) in [6.07, 6.45) is 3.18. The molecule has 1 aromatic carbocycles. The molecule has 6 nitrogen and oxygen atoms in total. The molecule has 1 aromatic heterocycles. The zero-order chi connectivity index (χ0) is 15.4. The number of carbonyl (C=O) groups excluding carboxylic acids is 1. The monoisotopic (exact) mass is 305 g/mol. The van der Waals surface area contributed by atoms with Gasteiger partial charge in [0.25, 0.3) is 11.6 Å². The van der Waals surface area contributed by atoms with E-state index >= 15 is 0 Å². The summed E-state index contributed by atoms with van der Waals surface area (Å²) in [5.74, 6) is -0.277. The molecule has 2 aromatic rings. The van der Waals surface area contributed by atoms with Crippen molar-refractivity contribution in [2.45, 2.75) is 6.92 Å². The van der Waals surface area contributed by atoms with E-state index in [1.807, 2.05) is 6.92 Å². The average molecular weight is 306 g/mol. The van der Waals surface area contributed by atoms with E-state index in [1.54, 1.807) is 29.4 Å². The van der Waals surface area contributed by atoms with Gasteiger partial charge in [-0.2, -0.15) is 0 Å². The van der Waals surface area contributed by atoms with Gasteiger partial charge in [-0.05, 0) is 31.2 Å². The summed E-state index contributed by atoms with van der Waals surface area (Å²) >= 11 is 5.84. The lowest BCUT2D eigenvalue weighted by atomic mass is 10.1. The van der Waals surface area contributed by atoms with Gasteiger partial charge in [0.15, 0.2) is 0 Å². The molecule has 0 aliphatic carbocycles.